The molecule has 2 aliphatic carbocycles. The number of carbonyl (C=O) groups is 1. The van der Waals surface area contributed by atoms with Crippen molar-refractivity contribution in [3.8, 4) is 0 Å². The van der Waals surface area contributed by atoms with E-state index >= 15 is 0 Å². The average molecular weight is 282 g/mol. The summed E-state index contributed by atoms with van der Waals surface area (Å²) in [7, 11) is 1.52. The van der Waals surface area contributed by atoms with E-state index in [0.717, 1.165) is 32.4 Å². The molecule has 20 heavy (non-hydrogen) atoms. The van der Waals surface area contributed by atoms with Gasteiger partial charge >= 0.3 is 5.97 Å². The molecule has 0 heterocycles. The summed E-state index contributed by atoms with van der Waals surface area (Å²) in [5, 5.41) is 3.61. The van der Waals surface area contributed by atoms with Gasteiger partial charge in [-0.3, -0.25) is 10.1 Å². The Kier molecular flexibility index (Phi) is 5.44. The van der Waals surface area contributed by atoms with Crippen LogP contribution in [-0.4, -0.2) is 48.7 Å². The maximum absolute atomic E-state index is 12.4. The number of nitrogens with zero attached hydrogens (tertiary/aromatic N) is 1. The van der Waals surface area contributed by atoms with Gasteiger partial charge < -0.3 is 9.64 Å². The molecular weight excluding hydrogens is 252 g/mol. The van der Waals surface area contributed by atoms with Crippen LogP contribution in [0.2, 0.25) is 0 Å². The lowest BCUT2D eigenvalue weighted by atomic mass is 9.78. The van der Waals surface area contributed by atoms with Gasteiger partial charge in [-0.2, -0.15) is 0 Å². The zero-order valence-electron chi connectivity index (χ0n) is 13.3. The summed E-state index contributed by atoms with van der Waals surface area (Å²) in [6, 6.07) is 1.05. The van der Waals surface area contributed by atoms with Gasteiger partial charge in [-0.05, 0) is 58.0 Å². The summed E-state index contributed by atoms with van der Waals surface area (Å²) >= 11 is 0. The molecule has 0 saturated heterocycles. The number of methoxy groups -OCH3 is 1. The lowest BCUT2D eigenvalue weighted by Gasteiger charge is -2.43. The average Bonchev–Trinajstić information content (AvgIpc) is 3.27. The Morgan fingerprint density at radius 1 is 1.35 bits per heavy atom. The Morgan fingerprint density at radius 3 is 2.65 bits per heavy atom. The predicted molar refractivity (Wildman–Crippen MR) is 80.7 cm³/mol. The van der Waals surface area contributed by atoms with Crippen molar-refractivity contribution in [2.45, 2.75) is 76.4 Å². The Hall–Kier alpha value is -0.610. The number of carbonyl (C=O) groups excluding carboxylic acids is 1. The summed E-state index contributed by atoms with van der Waals surface area (Å²) in [4.78, 5) is 14.9. The molecule has 2 unspecified atom stereocenters. The Bertz CT molecular complexity index is 330. The molecule has 0 amide bonds. The molecule has 2 saturated carbocycles. The Balaban J connectivity index is 2.08. The molecule has 2 rings (SSSR count). The van der Waals surface area contributed by atoms with Crippen LogP contribution in [0.1, 0.15) is 58.8 Å². The summed E-state index contributed by atoms with van der Waals surface area (Å²) in [5.41, 5.74) is -0.431. The number of ether oxygens (including phenoxy) is 1. The summed E-state index contributed by atoms with van der Waals surface area (Å²) in [6.45, 7) is 6.64. The molecule has 0 aromatic carbocycles. The van der Waals surface area contributed by atoms with Crippen LogP contribution in [0.25, 0.3) is 0 Å². The molecule has 4 nitrogen and oxygen atoms in total. The van der Waals surface area contributed by atoms with E-state index in [9.17, 15) is 4.79 Å². The van der Waals surface area contributed by atoms with E-state index in [4.69, 9.17) is 4.74 Å². The van der Waals surface area contributed by atoms with Crippen molar-refractivity contribution in [1.82, 2.24) is 10.2 Å². The van der Waals surface area contributed by atoms with Gasteiger partial charge in [0.2, 0.25) is 0 Å². The highest BCUT2D eigenvalue weighted by molar-refractivity contribution is 5.81. The first kappa shape index (κ1) is 15.8. The van der Waals surface area contributed by atoms with Gasteiger partial charge in [0.15, 0.2) is 0 Å². The third kappa shape index (κ3) is 3.53. The lowest BCUT2D eigenvalue weighted by Crippen LogP contribution is -2.59. The molecule has 2 atom stereocenters. The van der Waals surface area contributed by atoms with Gasteiger partial charge in [-0.1, -0.05) is 13.8 Å². The minimum atomic E-state index is -0.431. The van der Waals surface area contributed by atoms with Gasteiger partial charge in [0, 0.05) is 12.1 Å². The molecule has 4 heteroatoms. The molecule has 2 fully saturated rings. The van der Waals surface area contributed by atoms with Gasteiger partial charge in [0.25, 0.3) is 0 Å². The fraction of sp³-hybridized carbons (Fsp3) is 0.938. The Morgan fingerprint density at radius 2 is 2.10 bits per heavy atom. The summed E-state index contributed by atoms with van der Waals surface area (Å²) < 4.78 is 5.12. The highest BCUT2D eigenvalue weighted by Crippen LogP contribution is 2.35. The van der Waals surface area contributed by atoms with Crippen LogP contribution in [0.4, 0.5) is 0 Å². The first-order valence-corrected chi connectivity index (χ1v) is 8.25. The van der Waals surface area contributed by atoms with Gasteiger partial charge in [0.1, 0.15) is 5.54 Å². The second kappa shape index (κ2) is 6.90. The predicted octanol–water partition coefficient (Wildman–Crippen LogP) is 2.32. The van der Waals surface area contributed by atoms with Crippen molar-refractivity contribution in [3.63, 3.8) is 0 Å². The molecule has 0 spiro atoms. The Labute approximate surface area is 123 Å². The molecular formula is C16H30N2O2. The van der Waals surface area contributed by atoms with Gasteiger partial charge in [-0.15, -0.1) is 0 Å². The smallest absolute Gasteiger partial charge is 0.326 e. The van der Waals surface area contributed by atoms with Crippen LogP contribution in [-0.2, 0) is 9.53 Å². The molecule has 0 aromatic rings. The van der Waals surface area contributed by atoms with Crippen LogP contribution in [0.3, 0.4) is 0 Å². The topological polar surface area (TPSA) is 41.6 Å². The van der Waals surface area contributed by atoms with Crippen LogP contribution >= 0.6 is 0 Å². The van der Waals surface area contributed by atoms with Crippen molar-refractivity contribution in [2.24, 2.45) is 0 Å². The number of hydrogen-bond acceptors (Lipinski definition) is 4. The molecule has 2 aliphatic rings. The van der Waals surface area contributed by atoms with E-state index in [-0.39, 0.29) is 5.97 Å². The van der Waals surface area contributed by atoms with Gasteiger partial charge in [-0.25, -0.2) is 0 Å². The summed E-state index contributed by atoms with van der Waals surface area (Å²) in [5.74, 6) is -0.0540. The van der Waals surface area contributed by atoms with Gasteiger partial charge in [0.05, 0.1) is 7.11 Å². The monoisotopic (exact) mass is 282 g/mol. The molecule has 1 N–H and O–H groups in total. The van der Waals surface area contributed by atoms with Crippen molar-refractivity contribution in [2.75, 3.05) is 20.2 Å². The quantitative estimate of drug-likeness (QED) is 0.728. The largest absolute Gasteiger partial charge is 0.468 e. The molecule has 0 radical (unpaired) electrons. The van der Waals surface area contributed by atoms with Crippen molar-refractivity contribution in [1.29, 1.82) is 0 Å². The van der Waals surface area contributed by atoms with E-state index < -0.39 is 5.54 Å². The molecule has 116 valence electrons. The minimum Gasteiger partial charge on any atom is -0.468 e. The SMILES string of the molecule is CCCN(CC)C1CCCC(NC2CC2)(C(=O)OC)C1. The fourth-order valence-corrected chi connectivity index (χ4v) is 3.63. The second-order valence-electron chi connectivity index (χ2n) is 6.37. The maximum atomic E-state index is 12.4. The van der Waals surface area contributed by atoms with Crippen molar-refractivity contribution >= 4 is 5.97 Å². The highest BCUT2D eigenvalue weighted by atomic mass is 16.5. The van der Waals surface area contributed by atoms with Crippen LogP contribution in [0, 0.1) is 0 Å². The second-order valence-corrected chi connectivity index (χ2v) is 6.37. The minimum absolute atomic E-state index is 0.0540. The first-order chi connectivity index (χ1) is 9.65. The van der Waals surface area contributed by atoms with Crippen LogP contribution in [0.15, 0.2) is 0 Å². The maximum Gasteiger partial charge on any atom is 0.326 e. The van der Waals surface area contributed by atoms with E-state index in [0.29, 0.717) is 12.1 Å². The third-order valence-electron chi connectivity index (χ3n) is 4.79. The molecule has 0 bridgehead atoms. The van der Waals surface area contributed by atoms with E-state index in [1.54, 1.807) is 0 Å². The number of esters is 1. The lowest BCUT2D eigenvalue weighted by molar-refractivity contribution is -0.151. The highest BCUT2D eigenvalue weighted by Gasteiger charge is 2.47. The first-order valence-electron chi connectivity index (χ1n) is 8.25. The van der Waals surface area contributed by atoms with E-state index in [1.807, 2.05) is 0 Å². The third-order valence-corrected chi connectivity index (χ3v) is 4.79. The van der Waals surface area contributed by atoms with Crippen molar-refractivity contribution in [3.05, 3.63) is 0 Å². The van der Waals surface area contributed by atoms with E-state index in [2.05, 4.69) is 24.1 Å². The van der Waals surface area contributed by atoms with Crippen molar-refractivity contribution < 1.29 is 9.53 Å². The number of rotatable bonds is 7. The van der Waals surface area contributed by atoms with E-state index in [1.165, 1.54) is 32.8 Å². The molecule has 0 aromatic heterocycles. The zero-order valence-corrected chi connectivity index (χ0v) is 13.3. The van der Waals surface area contributed by atoms with Crippen LogP contribution in [0.5, 0.6) is 0 Å². The van der Waals surface area contributed by atoms with Crippen LogP contribution < -0.4 is 5.32 Å². The normalized spacial score (nSPS) is 30.5. The number of hydrogen-bond donors (Lipinski definition) is 1. The number of nitrogens with one attached hydrogen (secondary N) is 1. The standard InChI is InChI=1S/C16H30N2O2/c1-4-11-18(5-2)14-7-6-10-16(12-14,15(19)20-3)17-13-8-9-13/h13-14,17H,4-12H2,1-3H3. The zero-order chi connectivity index (χ0) is 14.6. The summed E-state index contributed by atoms with van der Waals surface area (Å²) in [6.07, 6.45) is 7.73. The molecule has 0 aliphatic heterocycles. The fourth-order valence-electron chi connectivity index (χ4n) is 3.63.